The Morgan fingerprint density at radius 1 is 1.15 bits per heavy atom. The minimum atomic E-state index is -1.71. The molecule has 1 amide bonds. The quantitative estimate of drug-likeness (QED) is 0.707. The molecule has 0 saturated carbocycles. The number of hydrogen-bond donors (Lipinski definition) is 1. The number of nitrogens with zero attached hydrogens (tertiary/aromatic N) is 1. The molecule has 1 aromatic heterocycles. The summed E-state index contributed by atoms with van der Waals surface area (Å²) in [4.78, 5) is 25.3. The Morgan fingerprint density at radius 2 is 1.89 bits per heavy atom. The molecule has 0 aliphatic carbocycles. The predicted molar refractivity (Wildman–Crippen MR) is 94.7 cm³/mol. The number of rotatable bonds is 4. The Balaban J connectivity index is 2.11. The lowest BCUT2D eigenvalue weighted by Gasteiger charge is -2.13. The number of carbonyl (C=O) groups is 1. The van der Waals surface area contributed by atoms with Crippen molar-refractivity contribution in [3.8, 4) is 5.75 Å². The fraction of sp³-hybridized carbons (Fsp3) is 0.158. The first-order valence-electron chi connectivity index (χ1n) is 8.03. The van der Waals surface area contributed by atoms with Crippen molar-refractivity contribution < 1.29 is 22.7 Å². The number of anilines is 1. The maximum absolute atomic E-state index is 13.8. The van der Waals surface area contributed by atoms with Crippen LogP contribution in [-0.4, -0.2) is 17.6 Å². The van der Waals surface area contributed by atoms with E-state index in [9.17, 15) is 22.8 Å². The monoisotopic (exact) mass is 376 g/mol. The van der Waals surface area contributed by atoms with Crippen LogP contribution in [0.1, 0.15) is 17.3 Å². The van der Waals surface area contributed by atoms with E-state index in [-0.39, 0.29) is 10.9 Å². The van der Waals surface area contributed by atoms with E-state index in [0.717, 1.165) is 6.07 Å². The number of amides is 1. The molecule has 0 spiro atoms. The highest BCUT2D eigenvalue weighted by Gasteiger charge is 2.19. The van der Waals surface area contributed by atoms with Crippen LogP contribution in [0, 0.1) is 17.5 Å². The highest BCUT2D eigenvalue weighted by atomic mass is 19.2. The fourth-order valence-corrected chi connectivity index (χ4v) is 2.74. The number of carbonyl (C=O) groups excluding carboxylic acids is 1. The average molecular weight is 376 g/mol. The molecule has 8 heteroatoms. The molecule has 2 aromatic carbocycles. The van der Waals surface area contributed by atoms with Gasteiger partial charge in [0.1, 0.15) is 11.3 Å². The highest BCUT2D eigenvalue weighted by Crippen LogP contribution is 2.22. The van der Waals surface area contributed by atoms with Crippen LogP contribution in [0.25, 0.3) is 10.9 Å². The summed E-state index contributed by atoms with van der Waals surface area (Å²) >= 11 is 0. The predicted octanol–water partition coefficient (Wildman–Crippen LogP) is 3.70. The number of nitrogens with one attached hydrogen (secondary N) is 1. The number of halogens is 3. The third-order valence-corrected chi connectivity index (χ3v) is 4.16. The molecule has 140 valence electrons. The van der Waals surface area contributed by atoms with E-state index in [4.69, 9.17) is 4.74 Å². The second-order valence-electron chi connectivity index (χ2n) is 5.72. The number of benzene rings is 2. The van der Waals surface area contributed by atoms with Crippen LogP contribution < -0.4 is 15.5 Å². The first-order chi connectivity index (χ1) is 12.9. The maximum atomic E-state index is 13.8. The molecule has 0 aliphatic heterocycles. The summed E-state index contributed by atoms with van der Waals surface area (Å²) in [6, 6.07) is 6.44. The van der Waals surface area contributed by atoms with E-state index in [2.05, 4.69) is 5.32 Å². The van der Waals surface area contributed by atoms with Crippen LogP contribution in [0.2, 0.25) is 0 Å². The van der Waals surface area contributed by atoms with Crippen molar-refractivity contribution in [2.45, 2.75) is 13.5 Å². The lowest BCUT2D eigenvalue weighted by atomic mass is 10.1. The summed E-state index contributed by atoms with van der Waals surface area (Å²) < 4.78 is 47.0. The van der Waals surface area contributed by atoms with Gasteiger partial charge in [0.15, 0.2) is 17.5 Å². The molecule has 5 nitrogen and oxygen atoms in total. The van der Waals surface area contributed by atoms with Gasteiger partial charge in [0.2, 0.25) is 5.43 Å². The minimum Gasteiger partial charge on any atom is -0.497 e. The van der Waals surface area contributed by atoms with Gasteiger partial charge in [-0.15, -0.1) is 0 Å². The molecule has 3 aromatic rings. The first-order valence-corrected chi connectivity index (χ1v) is 8.03. The molecule has 27 heavy (non-hydrogen) atoms. The van der Waals surface area contributed by atoms with Gasteiger partial charge in [0, 0.05) is 12.7 Å². The van der Waals surface area contributed by atoms with Gasteiger partial charge >= 0.3 is 0 Å². The number of aryl methyl sites for hydroxylation is 1. The molecule has 0 unspecified atom stereocenters. The second-order valence-corrected chi connectivity index (χ2v) is 5.72. The summed E-state index contributed by atoms with van der Waals surface area (Å²) in [5, 5.41) is 2.36. The molecule has 3 rings (SSSR count). The van der Waals surface area contributed by atoms with E-state index >= 15 is 0 Å². The average Bonchev–Trinajstić information content (AvgIpc) is 2.68. The third kappa shape index (κ3) is 3.25. The molecule has 1 heterocycles. The van der Waals surface area contributed by atoms with E-state index < -0.39 is 34.5 Å². The zero-order valence-electron chi connectivity index (χ0n) is 14.5. The number of ether oxygens (including phenoxy) is 1. The van der Waals surface area contributed by atoms with Crippen LogP contribution >= 0.6 is 0 Å². The van der Waals surface area contributed by atoms with Gasteiger partial charge in [-0.05, 0) is 37.3 Å². The minimum absolute atomic E-state index is 0.245. The van der Waals surface area contributed by atoms with Crippen molar-refractivity contribution in [3.05, 3.63) is 69.8 Å². The molecular weight excluding hydrogens is 361 g/mol. The largest absolute Gasteiger partial charge is 0.497 e. The molecule has 0 aliphatic rings. The first kappa shape index (κ1) is 18.5. The molecule has 0 fully saturated rings. The Hall–Kier alpha value is -3.29. The van der Waals surface area contributed by atoms with Gasteiger partial charge in [-0.2, -0.15) is 0 Å². The Kier molecular flexibility index (Phi) is 4.89. The van der Waals surface area contributed by atoms with Crippen LogP contribution in [0.3, 0.4) is 0 Å². The Labute approximate surface area is 152 Å². The number of methoxy groups -OCH3 is 1. The number of hydrogen-bond acceptors (Lipinski definition) is 3. The molecular formula is C19H15F3N2O3. The Bertz CT molecular complexity index is 1110. The van der Waals surface area contributed by atoms with Gasteiger partial charge in [-0.3, -0.25) is 9.59 Å². The van der Waals surface area contributed by atoms with Gasteiger partial charge in [0.25, 0.3) is 5.91 Å². The number of aromatic nitrogens is 1. The smallest absolute Gasteiger partial charge is 0.261 e. The van der Waals surface area contributed by atoms with E-state index in [1.165, 1.54) is 19.4 Å². The standard InChI is InChI=1S/C19H15F3N2O3/c1-3-24-9-12(18(25)11-8-10(27-2)4-7-15(11)24)19(26)23-14-6-5-13(20)16(21)17(14)22/h4-9H,3H2,1-2H3,(H,23,26). The van der Waals surface area contributed by atoms with Crippen LogP contribution in [0.4, 0.5) is 18.9 Å². The second kappa shape index (κ2) is 7.14. The number of fused-ring (bicyclic) bond motifs is 1. The van der Waals surface area contributed by atoms with E-state index in [0.29, 0.717) is 23.9 Å². The van der Waals surface area contributed by atoms with Crippen molar-refractivity contribution in [2.24, 2.45) is 0 Å². The summed E-state index contributed by atoms with van der Waals surface area (Å²) in [5.74, 6) is -5.12. The normalized spacial score (nSPS) is 10.9. The van der Waals surface area contributed by atoms with Gasteiger partial charge in [-0.25, -0.2) is 13.2 Å². The zero-order chi connectivity index (χ0) is 19.7. The molecule has 0 radical (unpaired) electrons. The lowest BCUT2D eigenvalue weighted by Crippen LogP contribution is -2.24. The summed E-state index contributed by atoms with van der Waals surface area (Å²) in [6.07, 6.45) is 1.34. The topological polar surface area (TPSA) is 60.3 Å². The van der Waals surface area contributed by atoms with Crippen LogP contribution in [-0.2, 0) is 6.54 Å². The summed E-state index contributed by atoms with van der Waals surface area (Å²) in [5.41, 5.74) is -0.818. The van der Waals surface area contributed by atoms with Crippen molar-refractivity contribution in [1.82, 2.24) is 4.57 Å². The summed E-state index contributed by atoms with van der Waals surface area (Å²) in [6.45, 7) is 2.29. The molecule has 0 atom stereocenters. The van der Waals surface area contributed by atoms with Gasteiger partial charge < -0.3 is 14.6 Å². The Morgan fingerprint density at radius 3 is 2.56 bits per heavy atom. The third-order valence-electron chi connectivity index (χ3n) is 4.16. The zero-order valence-corrected chi connectivity index (χ0v) is 14.5. The molecule has 1 N–H and O–H groups in total. The SMILES string of the molecule is CCn1cc(C(=O)Nc2ccc(F)c(F)c2F)c(=O)c2cc(OC)ccc21. The van der Waals surface area contributed by atoms with Crippen LogP contribution in [0.5, 0.6) is 5.75 Å². The maximum Gasteiger partial charge on any atom is 0.261 e. The van der Waals surface area contributed by atoms with Crippen molar-refractivity contribution in [2.75, 3.05) is 12.4 Å². The molecule has 0 saturated heterocycles. The van der Waals surface area contributed by atoms with E-state index in [1.54, 1.807) is 16.7 Å². The van der Waals surface area contributed by atoms with Gasteiger partial charge in [0.05, 0.1) is 23.7 Å². The van der Waals surface area contributed by atoms with Crippen molar-refractivity contribution in [3.63, 3.8) is 0 Å². The molecule has 0 bridgehead atoms. The van der Waals surface area contributed by atoms with E-state index in [1.807, 2.05) is 6.92 Å². The van der Waals surface area contributed by atoms with Crippen LogP contribution in [0.15, 0.2) is 41.3 Å². The van der Waals surface area contributed by atoms with Crippen molar-refractivity contribution in [1.29, 1.82) is 0 Å². The summed E-state index contributed by atoms with van der Waals surface area (Å²) in [7, 11) is 1.45. The highest BCUT2D eigenvalue weighted by molar-refractivity contribution is 6.05. The number of pyridine rings is 1. The van der Waals surface area contributed by atoms with Crippen molar-refractivity contribution >= 4 is 22.5 Å². The fourth-order valence-electron chi connectivity index (χ4n) is 2.74. The van der Waals surface area contributed by atoms with Gasteiger partial charge in [-0.1, -0.05) is 0 Å². The lowest BCUT2D eigenvalue weighted by molar-refractivity contribution is 0.102.